The van der Waals surface area contributed by atoms with E-state index in [9.17, 15) is 13.2 Å². The van der Waals surface area contributed by atoms with Crippen molar-refractivity contribution in [1.82, 2.24) is 9.88 Å². The van der Waals surface area contributed by atoms with Gasteiger partial charge >= 0.3 is 6.18 Å². The predicted molar refractivity (Wildman–Crippen MR) is 105 cm³/mol. The molecule has 1 saturated heterocycles. The lowest BCUT2D eigenvalue weighted by molar-refractivity contribution is -0.137. The fourth-order valence-corrected chi connectivity index (χ4v) is 3.53. The summed E-state index contributed by atoms with van der Waals surface area (Å²) in [5.41, 5.74) is 1.03. The van der Waals surface area contributed by atoms with Crippen molar-refractivity contribution in [2.24, 2.45) is 0 Å². The normalized spacial score (nSPS) is 17.7. The summed E-state index contributed by atoms with van der Waals surface area (Å²) in [7, 11) is 0. The molecule has 144 valence electrons. The van der Waals surface area contributed by atoms with E-state index in [1.54, 1.807) is 12.3 Å². The van der Waals surface area contributed by atoms with Gasteiger partial charge in [0.15, 0.2) is 5.11 Å². The molecule has 2 aromatic rings. The van der Waals surface area contributed by atoms with Crippen LogP contribution in [0.25, 0.3) is 0 Å². The van der Waals surface area contributed by atoms with Crippen molar-refractivity contribution < 1.29 is 13.2 Å². The summed E-state index contributed by atoms with van der Waals surface area (Å²) in [4.78, 5) is 8.26. The molecule has 2 heterocycles. The number of nitrogens with zero attached hydrogens (tertiary/aromatic N) is 3. The Morgan fingerprint density at radius 3 is 2.67 bits per heavy atom. The van der Waals surface area contributed by atoms with Crippen LogP contribution in [0.5, 0.6) is 0 Å². The molecular weight excluding hydrogens is 373 g/mol. The zero-order valence-corrected chi connectivity index (χ0v) is 15.9. The van der Waals surface area contributed by atoms with Crippen LogP contribution in [0, 0.1) is 6.92 Å². The minimum absolute atomic E-state index is 0.0538. The second-order valence-electron chi connectivity index (χ2n) is 6.69. The molecule has 0 unspecified atom stereocenters. The Bertz CT molecular complexity index is 825. The molecule has 0 amide bonds. The van der Waals surface area contributed by atoms with Crippen LogP contribution in [0.1, 0.15) is 18.1 Å². The summed E-state index contributed by atoms with van der Waals surface area (Å²) in [6.45, 7) is 5.79. The van der Waals surface area contributed by atoms with Crippen molar-refractivity contribution in [2.75, 3.05) is 29.9 Å². The Hall–Kier alpha value is -2.35. The second kappa shape index (κ2) is 7.72. The summed E-state index contributed by atoms with van der Waals surface area (Å²) >= 11 is 5.51. The van der Waals surface area contributed by atoms with Gasteiger partial charge in [0.25, 0.3) is 0 Å². The van der Waals surface area contributed by atoms with Gasteiger partial charge in [-0.05, 0) is 62.0 Å². The fraction of sp³-hybridized carbons (Fsp3) is 0.368. The Labute approximate surface area is 162 Å². The molecule has 1 atom stereocenters. The van der Waals surface area contributed by atoms with Crippen molar-refractivity contribution in [1.29, 1.82) is 0 Å². The zero-order valence-electron chi connectivity index (χ0n) is 15.1. The average Bonchev–Trinajstić information content (AvgIpc) is 2.61. The minimum Gasteiger partial charge on any atom is -0.368 e. The number of rotatable bonds is 2. The first-order chi connectivity index (χ1) is 12.7. The molecule has 4 nitrogen and oxygen atoms in total. The third kappa shape index (κ3) is 4.68. The predicted octanol–water partition coefficient (Wildman–Crippen LogP) is 4.32. The van der Waals surface area contributed by atoms with Gasteiger partial charge in [-0.1, -0.05) is 6.07 Å². The quantitative estimate of drug-likeness (QED) is 0.767. The van der Waals surface area contributed by atoms with E-state index in [2.05, 4.69) is 10.3 Å². The van der Waals surface area contributed by atoms with Crippen LogP contribution >= 0.6 is 12.2 Å². The van der Waals surface area contributed by atoms with Gasteiger partial charge in [-0.25, -0.2) is 4.98 Å². The summed E-state index contributed by atoms with van der Waals surface area (Å²) < 4.78 is 38.9. The highest BCUT2D eigenvalue weighted by Gasteiger charge is 2.32. The number of aromatic nitrogens is 1. The van der Waals surface area contributed by atoms with Gasteiger partial charge in [-0.3, -0.25) is 0 Å². The number of hydrogen-bond acceptors (Lipinski definition) is 3. The Kier molecular flexibility index (Phi) is 5.55. The van der Waals surface area contributed by atoms with Crippen molar-refractivity contribution >= 4 is 28.8 Å². The highest BCUT2D eigenvalue weighted by molar-refractivity contribution is 7.80. The lowest BCUT2D eigenvalue weighted by Gasteiger charge is -2.42. The molecule has 1 N–H and O–H groups in total. The van der Waals surface area contributed by atoms with Crippen LogP contribution in [0.2, 0.25) is 0 Å². The van der Waals surface area contributed by atoms with E-state index in [-0.39, 0.29) is 6.04 Å². The highest BCUT2D eigenvalue weighted by Crippen LogP contribution is 2.32. The Morgan fingerprint density at radius 1 is 1.22 bits per heavy atom. The third-order valence-corrected chi connectivity index (χ3v) is 4.91. The summed E-state index contributed by atoms with van der Waals surface area (Å²) in [6.07, 6.45) is -2.62. The average molecular weight is 394 g/mol. The third-order valence-electron chi connectivity index (χ3n) is 4.58. The maximum atomic E-state index is 13.0. The molecule has 8 heteroatoms. The van der Waals surface area contributed by atoms with Crippen LogP contribution in [0.3, 0.4) is 0 Å². The monoisotopic (exact) mass is 394 g/mol. The smallest absolute Gasteiger partial charge is 0.368 e. The second-order valence-corrected chi connectivity index (χ2v) is 7.07. The molecular formula is C19H21F3N4S. The van der Waals surface area contributed by atoms with Gasteiger partial charge in [0.1, 0.15) is 5.82 Å². The van der Waals surface area contributed by atoms with E-state index >= 15 is 0 Å². The number of alkyl halides is 3. The molecule has 1 aliphatic heterocycles. The van der Waals surface area contributed by atoms with Crippen LogP contribution < -0.4 is 10.2 Å². The van der Waals surface area contributed by atoms with E-state index in [1.807, 2.05) is 35.8 Å². The fourth-order valence-electron chi connectivity index (χ4n) is 3.16. The first kappa shape index (κ1) is 19.4. The number of halogens is 3. The molecule has 0 spiro atoms. The first-order valence-electron chi connectivity index (χ1n) is 8.66. The number of aryl methyl sites for hydroxylation is 1. The SMILES string of the molecule is Cc1ccnc(NC(=S)N2CCN(c3cccc(C(F)(F)F)c3)C[C@@H]2C)c1. The Balaban J connectivity index is 1.66. The van der Waals surface area contributed by atoms with E-state index in [0.717, 1.165) is 11.6 Å². The summed E-state index contributed by atoms with van der Waals surface area (Å²) in [5, 5.41) is 3.72. The van der Waals surface area contributed by atoms with Crippen molar-refractivity contribution in [3.63, 3.8) is 0 Å². The van der Waals surface area contributed by atoms with E-state index < -0.39 is 11.7 Å². The van der Waals surface area contributed by atoms with Gasteiger partial charge < -0.3 is 15.1 Å². The molecule has 0 aliphatic carbocycles. The molecule has 1 aromatic carbocycles. The number of piperazine rings is 1. The molecule has 27 heavy (non-hydrogen) atoms. The lowest BCUT2D eigenvalue weighted by atomic mass is 10.1. The molecule has 0 saturated carbocycles. The van der Waals surface area contributed by atoms with E-state index in [4.69, 9.17) is 12.2 Å². The van der Waals surface area contributed by atoms with Crippen molar-refractivity contribution in [3.05, 3.63) is 53.7 Å². The number of hydrogen-bond donors (Lipinski definition) is 1. The zero-order chi connectivity index (χ0) is 19.6. The summed E-state index contributed by atoms with van der Waals surface area (Å²) in [5.74, 6) is 0.688. The number of anilines is 2. The van der Waals surface area contributed by atoms with Crippen LogP contribution in [0.4, 0.5) is 24.7 Å². The largest absolute Gasteiger partial charge is 0.416 e. The standard InChI is InChI=1S/C19H21F3N4S/c1-13-6-7-23-17(10-13)24-18(27)26-9-8-25(12-14(26)2)16-5-3-4-15(11-16)19(20,21)22/h3-7,10-11,14H,8-9,12H2,1-2H3,(H,23,24,27)/t14-/m0/s1. The number of thiocarbonyl (C=S) groups is 1. The maximum absolute atomic E-state index is 13.0. The molecule has 0 radical (unpaired) electrons. The van der Waals surface area contributed by atoms with E-state index in [0.29, 0.717) is 36.3 Å². The van der Waals surface area contributed by atoms with Crippen LogP contribution in [-0.2, 0) is 6.18 Å². The van der Waals surface area contributed by atoms with Crippen LogP contribution in [-0.4, -0.2) is 40.7 Å². The maximum Gasteiger partial charge on any atom is 0.416 e. The highest BCUT2D eigenvalue weighted by atomic mass is 32.1. The lowest BCUT2D eigenvalue weighted by Crippen LogP contribution is -2.55. The molecule has 1 fully saturated rings. The summed E-state index contributed by atoms with van der Waals surface area (Å²) in [6, 6.07) is 9.33. The van der Waals surface area contributed by atoms with Gasteiger partial charge in [0.05, 0.1) is 5.56 Å². The number of benzene rings is 1. The topological polar surface area (TPSA) is 31.4 Å². The molecule has 1 aliphatic rings. The Morgan fingerprint density at radius 2 is 2.00 bits per heavy atom. The van der Waals surface area contributed by atoms with Gasteiger partial charge in [-0.2, -0.15) is 13.2 Å². The minimum atomic E-state index is -4.34. The number of pyridine rings is 1. The van der Waals surface area contributed by atoms with Crippen molar-refractivity contribution in [3.8, 4) is 0 Å². The van der Waals surface area contributed by atoms with Crippen molar-refractivity contribution in [2.45, 2.75) is 26.1 Å². The van der Waals surface area contributed by atoms with Gasteiger partial charge in [0, 0.05) is 37.6 Å². The molecule has 3 rings (SSSR count). The van der Waals surface area contributed by atoms with Gasteiger partial charge in [-0.15, -0.1) is 0 Å². The molecule has 1 aromatic heterocycles. The van der Waals surface area contributed by atoms with Gasteiger partial charge in [0.2, 0.25) is 0 Å². The van der Waals surface area contributed by atoms with E-state index in [1.165, 1.54) is 12.1 Å². The molecule has 0 bridgehead atoms. The van der Waals surface area contributed by atoms with Crippen LogP contribution in [0.15, 0.2) is 42.6 Å². The first-order valence-corrected chi connectivity index (χ1v) is 9.07. The number of nitrogens with one attached hydrogen (secondary N) is 1.